The van der Waals surface area contributed by atoms with Crippen LogP contribution in [-0.4, -0.2) is 26.2 Å². The summed E-state index contributed by atoms with van der Waals surface area (Å²) in [6.45, 7) is 0.477. The van der Waals surface area contributed by atoms with Crippen molar-refractivity contribution >= 4 is 12.0 Å². The molecule has 0 heterocycles. The van der Waals surface area contributed by atoms with Gasteiger partial charge in [0.05, 0.1) is 12.2 Å². The van der Waals surface area contributed by atoms with Gasteiger partial charge in [-0.15, -0.1) is 0 Å². The van der Waals surface area contributed by atoms with Crippen LogP contribution in [0.2, 0.25) is 0 Å². The minimum absolute atomic E-state index is 0.128. The lowest BCUT2D eigenvalue weighted by Crippen LogP contribution is -2.27. The number of carbonyl (C=O) groups excluding carboxylic acids is 1. The molecule has 7 heteroatoms. The molecule has 1 rings (SSSR count). The van der Waals surface area contributed by atoms with E-state index in [4.69, 9.17) is 10.00 Å². The van der Waals surface area contributed by atoms with E-state index in [0.29, 0.717) is 0 Å². The maximum Gasteiger partial charge on any atom is 0.416 e. The molecule has 0 atom stereocenters. The molecule has 0 aromatic heterocycles. The van der Waals surface area contributed by atoms with Crippen molar-refractivity contribution in [3.05, 3.63) is 41.0 Å². The van der Waals surface area contributed by atoms with E-state index >= 15 is 0 Å². The van der Waals surface area contributed by atoms with Crippen molar-refractivity contribution in [2.75, 3.05) is 20.3 Å². The fourth-order valence-electron chi connectivity index (χ4n) is 1.48. The molecule has 0 fully saturated rings. The van der Waals surface area contributed by atoms with E-state index in [0.717, 1.165) is 18.2 Å². The lowest BCUT2D eigenvalue weighted by atomic mass is 10.1. The number of methoxy groups -OCH3 is 1. The molecule has 1 amide bonds. The number of carbonyl (C=O) groups is 1. The van der Waals surface area contributed by atoms with Gasteiger partial charge in [0, 0.05) is 13.7 Å². The topological polar surface area (TPSA) is 62.1 Å². The van der Waals surface area contributed by atoms with Crippen LogP contribution in [0.15, 0.2) is 29.8 Å². The molecule has 0 bridgehead atoms. The number of nitriles is 1. The lowest BCUT2D eigenvalue weighted by molar-refractivity contribution is -0.137. The Morgan fingerprint density at radius 1 is 1.48 bits per heavy atom. The standard InChI is InChI=1S/C14H13F3N2O2/c1-21-6-5-19-13(20)11(9-18)7-10-3-2-4-12(8-10)14(15,16)17/h2-4,7-8H,5-6H2,1H3,(H,19,20)/b11-7+. The van der Waals surface area contributed by atoms with Crippen molar-refractivity contribution in [1.29, 1.82) is 5.26 Å². The first-order valence-electron chi connectivity index (χ1n) is 5.94. The zero-order valence-corrected chi connectivity index (χ0v) is 11.2. The summed E-state index contributed by atoms with van der Waals surface area (Å²) in [4.78, 5) is 11.7. The van der Waals surface area contributed by atoms with Crippen LogP contribution in [0.5, 0.6) is 0 Å². The third-order valence-corrected chi connectivity index (χ3v) is 2.48. The predicted molar refractivity (Wildman–Crippen MR) is 69.9 cm³/mol. The highest BCUT2D eigenvalue weighted by Gasteiger charge is 2.30. The molecule has 112 valence electrons. The molecule has 4 nitrogen and oxygen atoms in total. The fourth-order valence-corrected chi connectivity index (χ4v) is 1.48. The lowest BCUT2D eigenvalue weighted by Gasteiger charge is -2.07. The molecule has 21 heavy (non-hydrogen) atoms. The summed E-state index contributed by atoms with van der Waals surface area (Å²) >= 11 is 0. The molecule has 0 unspecified atom stereocenters. The van der Waals surface area contributed by atoms with E-state index in [1.54, 1.807) is 6.07 Å². The van der Waals surface area contributed by atoms with Gasteiger partial charge < -0.3 is 10.1 Å². The summed E-state index contributed by atoms with van der Waals surface area (Å²) in [7, 11) is 1.45. The highest BCUT2D eigenvalue weighted by molar-refractivity contribution is 6.01. The summed E-state index contributed by atoms with van der Waals surface area (Å²) in [5, 5.41) is 11.3. The van der Waals surface area contributed by atoms with Crippen LogP contribution >= 0.6 is 0 Å². The van der Waals surface area contributed by atoms with Gasteiger partial charge in [0.15, 0.2) is 0 Å². The van der Waals surface area contributed by atoms with E-state index < -0.39 is 17.6 Å². The van der Waals surface area contributed by atoms with E-state index in [2.05, 4.69) is 5.32 Å². The number of benzene rings is 1. The zero-order chi connectivity index (χ0) is 15.9. The van der Waals surface area contributed by atoms with E-state index in [1.165, 1.54) is 19.2 Å². The van der Waals surface area contributed by atoms with Crippen LogP contribution in [0.4, 0.5) is 13.2 Å². The third kappa shape index (κ3) is 5.28. The van der Waals surface area contributed by atoms with Crippen LogP contribution in [0.1, 0.15) is 11.1 Å². The Kier molecular flexibility index (Phi) is 5.93. The van der Waals surface area contributed by atoms with Crippen molar-refractivity contribution in [3.63, 3.8) is 0 Å². The van der Waals surface area contributed by atoms with Gasteiger partial charge in [-0.3, -0.25) is 4.79 Å². The zero-order valence-electron chi connectivity index (χ0n) is 11.2. The number of hydrogen-bond donors (Lipinski definition) is 1. The third-order valence-electron chi connectivity index (χ3n) is 2.48. The number of nitrogens with zero attached hydrogens (tertiary/aromatic N) is 1. The SMILES string of the molecule is COCCNC(=O)/C(C#N)=C/c1cccc(C(F)(F)F)c1. The van der Waals surface area contributed by atoms with Gasteiger partial charge in [0.1, 0.15) is 11.6 Å². The molecule has 0 aliphatic rings. The monoisotopic (exact) mass is 298 g/mol. The van der Waals surface area contributed by atoms with Crippen molar-refractivity contribution in [1.82, 2.24) is 5.32 Å². The number of rotatable bonds is 5. The Hall–Kier alpha value is -2.33. The number of amides is 1. The maximum absolute atomic E-state index is 12.6. The molecule has 0 aliphatic heterocycles. The minimum atomic E-state index is -4.47. The van der Waals surface area contributed by atoms with E-state index in [9.17, 15) is 18.0 Å². The van der Waals surface area contributed by atoms with Gasteiger partial charge in [-0.1, -0.05) is 12.1 Å². The summed E-state index contributed by atoms with van der Waals surface area (Å²) in [5.41, 5.74) is -0.984. The Morgan fingerprint density at radius 2 is 2.19 bits per heavy atom. The molecule has 0 saturated heterocycles. The Bertz CT molecular complexity index is 574. The quantitative estimate of drug-likeness (QED) is 0.516. The van der Waals surface area contributed by atoms with Crippen LogP contribution in [0.3, 0.4) is 0 Å². The Morgan fingerprint density at radius 3 is 2.76 bits per heavy atom. The second-order valence-corrected chi connectivity index (χ2v) is 4.04. The first-order valence-corrected chi connectivity index (χ1v) is 5.94. The summed E-state index contributed by atoms with van der Waals surface area (Å²) in [5.74, 6) is -0.660. The minimum Gasteiger partial charge on any atom is -0.383 e. The molecule has 0 radical (unpaired) electrons. The van der Waals surface area contributed by atoms with Crippen LogP contribution < -0.4 is 5.32 Å². The molecule has 1 aromatic rings. The van der Waals surface area contributed by atoms with Crippen molar-refractivity contribution < 1.29 is 22.7 Å². The Labute approximate surface area is 119 Å². The van der Waals surface area contributed by atoms with Crippen LogP contribution in [0.25, 0.3) is 6.08 Å². The highest BCUT2D eigenvalue weighted by Crippen LogP contribution is 2.29. The molecule has 1 N–H and O–H groups in total. The van der Waals surface area contributed by atoms with Gasteiger partial charge in [0.25, 0.3) is 5.91 Å². The summed E-state index contributed by atoms with van der Waals surface area (Å²) < 4.78 is 42.5. The molecular formula is C14H13F3N2O2. The van der Waals surface area contributed by atoms with E-state index in [-0.39, 0.29) is 24.3 Å². The highest BCUT2D eigenvalue weighted by atomic mass is 19.4. The first kappa shape index (κ1) is 16.7. The summed E-state index contributed by atoms with van der Waals surface area (Å²) in [6.07, 6.45) is -3.37. The van der Waals surface area contributed by atoms with Crippen molar-refractivity contribution in [3.8, 4) is 6.07 Å². The second kappa shape index (κ2) is 7.45. The molecule has 1 aromatic carbocycles. The average Bonchev–Trinajstić information content (AvgIpc) is 2.44. The normalized spacial score (nSPS) is 11.9. The number of ether oxygens (including phenoxy) is 1. The van der Waals surface area contributed by atoms with Gasteiger partial charge >= 0.3 is 6.18 Å². The second-order valence-electron chi connectivity index (χ2n) is 4.04. The molecule has 0 spiro atoms. The van der Waals surface area contributed by atoms with Crippen LogP contribution in [0, 0.1) is 11.3 Å². The first-order chi connectivity index (χ1) is 9.88. The smallest absolute Gasteiger partial charge is 0.383 e. The van der Waals surface area contributed by atoms with Gasteiger partial charge in [-0.05, 0) is 23.8 Å². The molecule has 0 saturated carbocycles. The van der Waals surface area contributed by atoms with Crippen LogP contribution in [-0.2, 0) is 15.7 Å². The number of alkyl halides is 3. The van der Waals surface area contributed by atoms with Gasteiger partial charge in [0.2, 0.25) is 0 Å². The fraction of sp³-hybridized carbons (Fsp3) is 0.286. The van der Waals surface area contributed by atoms with Crippen molar-refractivity contribution in [2.45, 2.75) is 6.18 Å². The number of nitrogens with one attached hydrogen (secondary N) is 1. The van der Waals surface area contributed by atoms with Gasteiger partial charge in [-0.25, -0.2) is 0 Å². The van der Waals surface area contributed by atoms with Gasteiger partial charge in [-0.2, -0.15) is 18.4 Å². The predicted octanol–water partition coefficient (Wildman–Crippen LogP) is 2.37. The van der Waals surface area contributed by atoms with Crippen molar-refractivity contribution in [2.24, 2.45) is 0 Å². The number of halogens is 3. The summed E-state index contributed by atoms with van der Waals surface area (Å²) in [6, 6.07) is 6.05. The largest absolute Gasteiger partial charge is 0.416 e. The average molecular weight is 298 g/mol. The van der Waals surface area contributed by atoms with E-state index in [1.807, 2.05) is 0 Å². The number of hydrogen-bond acceptors (Lipinski definition) is 3. The maximum atomic E-state index is 12.6. The molecule has 0 aliphatic carbocycles. The Balaban J connectivity index is 2.93. The molecular weight excluding hydrogens is 285 g/mol.